The predicted molar refractivity (Wildman–Crippen MR) is 105 cm³/mol. The van der Waals surface area contributed by atoms with E-state index in [1.807, 2.05) is 63.0 Å². The van der Waals surface area contributed by atoms with E-state index in [-0.39, 0.29) is 18.6 Å². The standard InChI is InChI=1S/C21H27N3O4/c1-14-9-15(6-8-19(25)26)5-7-18(14)16-10-22-24(11-16)17-12-23(13-17)20(27)28-21(2,3)4/h5,7,9-11,17H,6,8,12-13H2,1-4H3,(H,25,26). The molecule has 1 aliphatic rings. The van der Waals surface area contributed by atoms with Crippen LogP contribution >= 0.6 is 0 Å². The predicted octanol–water partition coefficient (Wildman–Crippen LogP) is 3.67. The first kappa shape index (κ1) is 19.9. The van der Waals surface area contributed by atoms with Gasteiger partial charge in [-0.2, -0.15) is 5.10 Å². The SMILES string of the molecule is Cc1cc(CCC(=O)O)ccc1-c1cnn(C2CN(C(=O)OC(C)(C)C)C2)c1. The van der Waals surface area contributed by atoms with Gasteiger partial charge >= 0.3 is 12.1 Å². The van der Waals surface area contributed by atoms with E-state index in [4.69, 9.17) is 9.84 Å². The highest BCUT2D eigenvalue weighted by molar-refractivity contribution is 5.70. The van der Waals surface area contributed by atoms with Gasteiger partial charge in [-0.15, -0.1) is 0 Å². The van der Waals surface area contributed by atoms with Crippen molar-refractivity contribution in [2.75, 3.05) is 13.1 Å². The third kappa shape index (κ3) is 4.71. The van der Waals surface area contributed by atoms with Crippen LogP contribution in [0.1, 0.15) is 44.4 Å². The Morgan fingerprint density at radius 3 is 2.61 bits per heavy atom. The summed E-state index contributed by atoms with van der Waals surface area (Å²) in [4.78, 5) is 24.5. The number of carbonyl (C=O) groups is 2. The van der Waals surface area contributed by atoms with Crippen molar-refractivity contribution in [2.24, 2.45) is 0 Å². The number of benzene rings is 1. The molecule has 1 fully saturated rings. The van der Waals surface area contributed by atoms with Gasteiger partial charge in [0.1, 0.15) is 5.60 Å². The topological polar surface area (TPSA) is 84.7 Å². The first-order valence-corrected chi connectivity index (χ1v) is 9.46. The molecule has 1 saturated heterocycles. The van der Waals surface area contributed by atoms with Crippen molar-refractivity contribution in [3.05, 3.63) is 41.7 Å². The van der Waals surface area contributed by atoms with Crippen LogP contribution in [0.2, 0.25) is 0 Å². The lowest BCUT2D eigenvalue weighted by Gasteiger charge is -2.39. The number of carbonyl (C=O) groups excluding carboxylic acids is 1. The van der Waals surface area contributed by atoms with E-state index in [0.717, 1.165) is 22.3 Å². The fourth-order valence-electron chi connectivity index (χ4n) is 3.23. The molecule has 0 spiro atoms. The molecule has 7 nitrogen and oxygen atoms in total. The average molecular weight is 385 g/mol. The third-order valence-electron chi connectivity index (χ3n) is 4.72. The van der Waals surface area contributed by atoms with Crippen LogP contribution in [0.5, 0.6) is 0 Å². The number of carboxylic acids is 1. The fourth-order valence-corrected chi connectivity index (χ4v) is 3.23. The molecule has 0 saturated carbocycles. The molecule has 2 aromatic rings. The number of ether oxygens (including phenoxy) is 1. The molecule has 0 atom stereocenters. The molecule has 28 heavy (non-hydrogen) atoms. The number of amides is 1. The zero-order chi connectivity index (χ0) is 20.5. The van der Waals surface area contributed by atoms with E-state index in [9.17, 15) is 9.59 Å². The number of hydrogen-bond acceptors (Lipinski definition) is 4. The summed E-state index contributed by atoms with van der Waals surface area (Å²) in [5.74, 6) is -0.788. The Morgan fingerprint density at radius 2 is 2.00 bits per heavy atom. The van der Waals surface area contributed by atoms with Gasteiger partial charge in [-0.05, 0) is 50.8 Å². The maximum atomic E-state index is 12.1. The lowest BCUT2D eigenvalue weighted by atomic mass is 9.99. The Balaban J connectivity index is 1.62. The van der Waals surface area contributed by atoms with Crippen LogP contribution in [0, 0.1) is 6.92 Å². The lowest BCUT2D eigenvalue weighted by molar-refractivity contribution is -0.136. The molecule has 7 heteroatoms. The van der Waals surface area contributed by atoms with Crippen LogP contribution in [0.15, 0.2) is 30.6 Å². The Kier molecular flexibility index (Phi) is 5.45. The summed E-state index contributed by atoms with van der Waals surface area (Å²) in [7, 11) is 0. The highest BCUT2D eigenvalue weighted by Crippen LogP contribution is 2.28. The molecule has 1 N–H and O–H groups in total. The first-order valence-electron chi connectivity index (χ1n) is 9.46. The number of aromatic nitrogens is 2. The molecule has 1 amide bonds. The number of nitrogens with zero attached hydrogens (tertiary/aromatic N) is 3. The molecular weight excluding hydrogens is 358 g/mol. The minimum absolute atomic E-state index is 0.131. The second kappa shape index (κ2) is 7.66. The van der Waals surface area contributed by atoms with Gasteiger partial charge in [0.15, 0.2) is 0 Å². The third-order valence-corrected chi connectivity index (χ3v) is 4.72. The molecule has 1 aromatic carbocycles. The Hall–Kier alpha value is -2.83. The molecule has 0 radical (unpaired) electrons. The van der Waals surface area contributed by atoms with Gasteiger partial charge in [0.05, 0.1) is 12.2 Å². The highest BCUT2D eigenvalue weighted by atomic mass is 16.6. The zero-order valence-corrected chi connectivity index (χ0v) is 16.8. The van der Waals surface area contributed by atoms with Crippen LogP contribution < -0.4 is 0 Å². The molecule has 0 unspecified atom stereocenters. The minimum atomic E-state index is -0.788. The summed E-state index contributed by atoms with van der Waals surface area (Å²) in [6.07, 6.45) is 4.19. The molecule has 0 aliphatic carbocycles. The van der Waals surface area contributed by atoms with Crippen LogP contribution in [0.3, 0.4) is 0 Å². The van der Waals surface area contributed by atoms with Gasteiger partial charge in [0, 0.05) is 31.3 Å². The van der Waals surface area contributed by atoms with Gasteiger partial charge in [0.2, 0.25) is 0 Å². The number of rotatable bonds is 5. The van der Waals surface area contributed by atoms with Crippen LogP contribution in [0.4, 0.5) is 4.79 Å². The van der Waals surface area contributed by atoms with E-state index in [0.29, 0.717) is 19.5 Å². The van der Waals surface area contributed by atoms with Crippen LogP contribution in [-0.4, -0.2) is 50.5 Å². The quantitative estimate of drug-likeness (QED) is 0.849. The fraction of sp³-hybridized carbons (Fsp3) is 0.476. The van der Waals surface area contributed by atoms with Gasteiger partial charge in [-0.1, -0.05) is 18.2 Å². The molecule has 3 rings (SSSR count). The number of likely N-dealkylation sites (tertiary alicyclic amines) is 1. The average Bonchev–Trinajstić information content (AvgIpc) is 2.99. The van der Waals surface area contributed by atoms with Crippen LogP contribution in [-0.2, 0) is 16.0 Å². The molecule has 0 bridgehead atoms. The van der Waals surface area contributed by atoms with Crippen LogP contribution in [0.25, 0.3) is 11.1 Å². The van der Waals surface area contributed by atoms with Gasteiger partial charge in [-0.25, -0.2) is 4.79 Å². The molecule has 1 aromatic heterocycles. The van der Waals surface area contributed by atoms with Crippen molar-refractivity contribution in [3.8, 4) is 11.1 Å². The van der Waals surface area contributed by atoms with E-state index in [1.165, 1.54) is 0 Å². The summed E-state index contributed by atoms with van der Waals surface area (Å²) in [5, 5.41) is 13.3. The summed E-state index contributed by atoms with van der Waals surface area (Å²) in [6.45, 7) is 8.77. The Labute approximate surface area is 164 Å². The normalized spacial score (nSPS) is 14.6. The smallest absolute Gasteiger partial charge is 0.410 e. The van der Waals surface area contributed by atoms with E-state index in [2.05, 4.69) is 5.10 Å². The number of carboxylic acid groups (broad SMARTS) is 1. The molecule has 150 valence electrons. The Morgan fingerprint density at radius 1 is 1.29 bits per heavy atom. The van der Waals surface area contributed by atoms with E-state index >= 15 is 0 Å². The van der Waals surface area contributed by atoms with Crippen molar-refractivity contribution >= 4 is 12.1 Å². The number of hydrogen-bond donors (Lipinski definition) is 1. The Bertz CT molecular complexity index is 876. The largest absolute Gasteiger partial charge is 0.481 e. The summed E-state index contributed by atoms with van der Waals surface area (Å²) in [5.41, 5.74) is 3.70. The van der Waals surface area contributed by atoms with Crippen molar-refractivity contribution < 1.29 is 19.4 Å². The van der Waals surface area contributed by atoms with Crippen molar-refractivity contribution in [3.63, 3.8) is 0 Å². The van der Waals surface area contributed by atoms with Gasteiger partial charge < -0.3 is 14.7 Å². The zero-order valence-electron chi connectivity index (χ0n) is 16.8. The summed E-state index contributed by atoms with van der Waals surface area (Å²) in [6, 6.07) is 6.16. The minimum Gasteiger partial charge on any atom is -0.481 e. The summed E-state index contributed by atoms with van der Waals surface area (Å²) < 4.78 is 7.28. The second-order valence-electron chi connectivity index (χ2n) is 8.29. The monoisotopic (exact) mass is 385 g/mol. The maximum Gasteiger partial charge on any atom is 0.410 e. The van der Waals surface area contributed by atoms with E-state index < -0.39 is 11.6 Å². The van der Waals surface area contributed by atoms with Gasteiger partial charge in [-0.3, -0.25) is 9.48 Å². The van der Waals surface area contributed by atoms with Crippen molar-refractivity contribution in [1.82, 2.24) is 14.7 Å². The number of aliphatic carboxylic acids is 1. The second-order valence-corrected chi connectivity index (χ2v) is 8.29. The van der Waals surface area contributed by atoms with Crippen molar-refractivity contribution in [2.45, 2.75) is 52.2 Å². The molecule has 2 heterocycles. The molecule has 1 aliphatic heterocycles. The maximum absolute atomic E-state index is 12.1. The van der Waals surface area contributed by atoms with Crippen molar-refractivity contribution in [1.29, 1.82) is 0 Å². The first-order chi connectivity index (χ1) is 13.1. The van der Waals surface area contributed by atoms with E-state index in [1.54, 1.807) is 4.90 Å². The highest BCUT2D eigenvalue weighted by Gasteiger charge is 2.35. The number of aryl methyl sites for hydroxylation is 2. The summed E-state index contributed by atoms with van der Waals surface area (Å²) >= 11 is 0. The molecular formula is C21H27N3O4. The lowest BCUT2D eigenvalue weighted by Crippen LogP contribution is -2.52. The van der Waals surface area contributed by atoms with Gasteiger partial charge in [0.25, 0.3) is 0 Å².